The number of ether oxygens (including phenoxy) is 1. The molecule has 1 heterocycles. The number of aryl methyl sites for hydroxylation is 1. The summed E-state index contributed by atoms with van der Waals surface area (Å²) in [6, 6.07) is 7.16. The van der Waals surface area contributed by atoms with E-state index in [1.54, 1.807) is 23.5 Å². The minimum absolute atomic E-state index is 0.300. The van der Waals surface area contributed by atoms with Crippen LogP contribution in [-0.4, -0.2) is 46.1 Å². The van der Waals surface area contributed by atoms with E-state index in [2.05, 4.69) is 0 Å². The molecule has 21 heavy (non-hydrogen) atoms. The predicted octanol–water partition coefficient (Wildman–Crippen LogP) is 1.23. The second-order valence-electron chi connectivity index (χ2n) is 5.51. The molecule has 1 unspecified atom stereocenters. The molecular weight excluding hydrogens is 288 g/mol. The third kappa shape index (κ3) is 4.03. The minimum atomic E-state index is -3.37. The first-order valence-corrected chi connectivity index (χ1v) is 8.80. The van der Waals surface area contributed by atoms with Crippen LogP contribution in [0.2, 0.25) is 0 Å². The van der Waals surface area contributed by atoms with Gasteiger partial charge in [0.1, 0.15) is 0 Å². The van der Waals surface area contributed by atoms with Crippen LogP contribution in [0.25, 0.3) is 0 Å². The van der Waals surface area contributed by atoms with Crippen LogP contribution in [0.4, 0.5) is 0 Å². The first kappa shape index (κ1) is 16.4. The number of nitrogens with zero attached hydrogens (tertiary/aromatic N) is 1. The van der Waals surface area contributed by atoms with Crippen molar-refractivity contribution in [3.8, 4) is 0 Å². The average Bonchev–Trinajstić information content (AvgIpc) is 2.95. The molecule has 1 fully saturated rings. The largest absolute Gasteiger partial charge is 0.384 e. The average molecular weight is 312 g/mol. The highest BCUT2D eigenvalue weighted by Gasteiger charge is 2.32. The summed E-state index contributed by atoms with van der Waals surface area (Å²) >= 11 is 0. The lowest BCUT2D eigenvalue weighted by Gasteiger charge is -2.16. The topological polar surface area (TPSA) is 72.6 Å². The van der Waals surface area contributed by atoms with Gasteiger partial charge < -0.3 is 10.5 Å². The Morgan fingerprint density at radius 2 is 2.05 bits per heavy atom. The van der Waals surface area contributed by atoms with Gasteiger partial charge in [-0.25, -0.2) is 8.42 Å². The van der Waals surface area contributed by atoms with E-state index < -0.39 is 10.0 Å². The van der Waals surface area contributed by atoms with E-state index in [0.29, 0.717) is 37.1 Å². The zero-order valence-corrected chi connectivity index (χ0v) is 13.3. The Morgan fingerprint density at radius 3 is 2.67 bits per heavy atom. The van der Waals surface area contributed by atoms with Crippen molar-refractivity contribution in [3.05, 3.63) is 29.8 Å². The molecule has 1 aliphatic heterocycles. The number of rotatable bonds is 7. The third-order valence-electron chi connectivity index (χ3n) is 3.88. The number of hydrogen-bond donors (Lipinski definition) is 1. The Kier molecular flexibility index (Phi) is 5.75. The number of hydrogen-bond acceptors (Lipinski definition) is 4. The quantitative estimate of drug-likeness (QED) is 0.822. The Labute approximate surface area is 127 Å². The molecule has 1 aromatic carbocycles. The van der Waals surface area contributed by atoms with Gasteiger partial charge in [-0.15, -0.1) is 0 Å². The molecule has 6 heteroatoms. The summed E-state index contributed by atoms with van der Waals surface area (Å²) in [5.74, 6) is 0.300. The van der Waals surface area contributed by atoms with Crippen molar-refractivity contribution >= 4 is 10.0 Å². The fourth-order valence-corrected chi connectivity index (χ4v) is 4.20. The second kappa shape index (κ2) is 7.35. The summed E-state index contributed by atoms with van der Waals surface area (Å²) in [6.45, 7) is 2.38. The molecule has 5 nitrogen and oxygen atoms in total. The summed E-state index contributed by atoms with van der Waals surface area (Å²) in [5, 5.41) is 0. The summed E-state index contributed by atoms with van der Waals surface area (Å²) in [7, 11) is -1.72. The molecule has 2 rings (SSSR count). The number of benzene rings is 1. The van der Waals surface area contributed by atoms with Crippen molar-refractivity contribution in [2.45, 2.75) is 24.2 Å². The summed E-state index contributed by atoms with van der Waals surface area (Å²) in [4.78, 5) is 0.372. The molecule has 1 aliphatic rings. The molecule has 0 bridgehead atoms. The molecule has 0 aromatic heterocycles. The van der Waals surface area contributed by atoms with Gasteiger partial charge in [0.05, 0.1) is 11.5 Å². The Hall–Kier alpha value is -0.950. The van der Waals surface area contributed by atoms with Crippen molar-refractivity contribution in [2.24, 2.45) is 11.7 Å². The van der Waals surface area contributed by atoms with Crippen LogP contribution in [0.3, 0.4) is 0 Å². The van der Waals surface area contributed by atoms with Crippen molar-refractivity contribution < 1.29 is 13.2 Å². The first-order valence-electron chi connectivity index (χ1n) is 7.36. The maximum absolute atomic E-state index is 12.6. The highest BCUT2D eigenvalue weighted by molar-refractivity contribution is 7.89. The van der Waals surface area contributed by atoms with Gasteiger partial charge >= 0.3 is 0 Å². The summed E-state index contributed by atoms with van der Waals surface area (Å²) in [5.41, 5.74) is 6.61. The fourth-order valence-electron chi connectivity index (χ4n) is 2.67. The van der Waals surface area contributed by atoms with Gasteiger partial charge in [-0.1, -0.05) is 12.1 Å². The van der Waals surface area contributed by atoms with Gasteiger partial charge in [-0.3, -0.25) is 0 Å². The summed E-state index contributed by atoms with van der Waals surface area (Å²) < 4.78 is 31.8. The lowest BCUT2D eigenvalue weighted by atomic mass is 10.1. The smallest absolute Gasteiger partial charge is 0.243 e. The minimum Gasteiger partial charge on any atom is -0.384 e. The molecule has 0 radical (unpaired) electrons. The SMILES string of the molecule is COCC1CCN(S(=O)(=O)c2ccc(CCCN)cc2)C1. The normalized spacial score (nSPS) is 20.0. The molecule has 1 aromatic rings. The zero-order valence-electron chi connectivity index (χ0n) is 12.5. The predicted molar refractivity (Wildman–Crippen MR) is 82.6 cm³/mol. The van der Waals surface area contributed by atoms with E-state index >= 15 is 0 Å². The number of nitrogens with two attached hydrogens (primary N) is 1. The van der Waals surface area contributed by atoms with Gasteiger partial charge in [0.15, 0.2) is 0 Å². The van der Waals surface area contributed by atoms with Gasteiger partial charge in [0.2, 0.25) is 10.0 Å². The van der Waals surface area contributed by atoms with E-state index in [4.69, 9.17) is 10.5 Å². The molecule has 0 aliphatic carbocycles. The Bertz CT molecular complexity index is 543. The molecule has 1 atom stereocenters. The maximum Gasteiger partial charge on any atom is 0.243 e. The van der Waals surface area contributed by atoms with Crippen LogP contribution >= 0.6 is 0 Å². The molecule has 0 spiro atoms. The number of sulfonamides is 1. The zero-order chi connectivity index (χ0) is 15.3. The second-order valence-corrected chi connectivity index (χ2v) is 7.45. The molecule has 118 valence electrons. The van der Waals surface area contributed by atoms with Gasteiger partial charge in [0, 0.05) is 20.2 Å². The van der Waals surface area contributed by atoms with Gasteiger partial charge in [0.25, 0.3) is 0 Å². The monoisotopic (exact) mass is 312 g/mol. The van der Waals surface area contributed by atoms with Crippen molar-refractivity contribution in [1.29, 1.82) is 0 Å². The summed E-state index contributed by atoms with van der Waals surface area (Å²) in [6.07, 6.45) is 2.66. The van der Waals surface area contributed by atoms with Crippen LogP contribution in [-0.2, 0) is 21.2 Å². The van der Waals surface area contributed by atoms with Crippen LogP contribution in [0.1, 0.15) is 18.4 Å². The first-order chi connectivity index (χ1) is 10.1. The van der Waals surface area contributed by atoms with Crippen LogP contribution in [0.5, 0.6) is 0 Å². The van der Waals surface area contributed by atoms with Crippen LogP contribution < -0.4 is 5.73 Å². The van der Waals surface area contributed by atoms with Gasteiger partial charge in [-0.05, 0) is 49.4 Å². The maximum atomic E-state index is 12.6. The van der Waals surface area contributed by atoms with Crippen molar-refractivity contribution in [3.63, 3.8) is 0 Å². The van der Waals surface area contributed by atoms with Crippen LogP contribution in [0.15, 0.2) is 29.2 Å². The highest BCUT2D eigenvalue weighted by atomic mass is 32.2. The molecule has 0 amide bonds. The van der Waals surface area contributed by atoms with Crippen molar-refractivity contribution in [2.75, 3.05) is 33.4 Å². The molecule has 0 saturated carbocycles. The Balaban J connectivity index is 2.06. The number of methoxy groups -OCH3 is 1. The molecule has 1 saturated heterocycles. The van der Waals surface area contributed by atoms with E-state index in [9.17, 15) is 8.42 Å². The lowest BCUT2D eigenvalue weighted by molar-refractivity contribution is 0.157. The standard InChI is InChI=1S/C15H24N2O3S/c1-20-12-14-8-10-17(11-14)21(18,19)15-6-4-13(5-7-15)3-2-9-16/h4-7,14H,2-3,8-12,16H2,1H3. The lowest BCUT2D eigenvalue weighted by Crippen LogP contribution is -2.29. The Morgan fingerprint density at radius 1 is 1.33 bits per heavy atom. The van der Waals surface area contributed by atoms with Crippen LogP contribution in [0, 0.1) is 5.92 Å². The van der Waals surface area contributed by atoms with E-state index in [0.717, 1.165) is 24.8 Å². The van der Waals surface area contributed by atoms with Gasteiger partial charge in [-0.2, -0.15) is 4.31 Å². The molecule has 2 N–H and O–H groups in total. The third-order valence-corrected chi connectivity index (χ3v) is 5.76. The fraction of sp³-hybridized carbons (Fsp3) is 0.600. The molecular formula is C15H24N2O3S. The van der Waals surface area contributed by atoms with E-state index in [1.165, 1.54) is 0 Å². The van der Waals surface area contributed by atoms with E-state index in [-0.39, 0.29) is 0 Å². The van der Waals surface area contributed by atoms with E-state index in [1.807, 2.05) is 12.1 Å². The highest BCUT2D eigenvalue weighted by Crippen LogP contribution is 2.24. The van der Waals surface area contributed by atoms with Crippen molar-refractivity contribution in [1.82, 2.24) is 4.31 Å².